The van der Waals surface area contributed by atoms with Crippen molar-refractivity contribution in [3.05, 3.63) is 11.8 Å². The summed E-state index contributed by atoms with van der Waals surface area (Å²) < 4.78 is 0. The Morgan fingerprint density at radius 3 is 2.79 bits per heavy atom. The van der Waals surface area contributed by atoms with Crippen molar-refractivity contribution in [3.8, 4) is 0 Å². The van der Waals surface area contributed by atoms with Crippen molar-refractivity contribution < 1.29 is 14.7 Å². The second kappa shape index (κ2) is 8.22. The van der Waals surface area contributed by atoms with Gasteiger partial charge in [-0.05, 0) is 32.6 Å². The summed E-state index contributed by atoms with van der Waals surface area (Å²) in [5.41, 5.74) is 6.51. The number of rotatable bonds is 7. The van der Waals surface area contributed by atoms with Crippen molar-refractivity contribution in [3.63, 3.8) is 0 Å². The molecular formula is C13H22N2O3S. The highest BCUT2D eigenvalue weighted by atomic mass is 32.2. The number of carboxylic acids is 1. The fourth-order valence-corrected chi connectivity index (χ4v) is 2.87. The van der Waals surface area contributed by atoms with Gasteiger partial charge in [-0.1, -0.05) is 6.08 Å². The Bertz CT molecular complexity index is 358. The Labute approximate surface area is 118 Å². The number of carboxylic acid groups (broad SMARTS) is 1. The van der Waals surface area contributed by atoms with E-state index < -0.39 is 12.0 Å². The van der Waals surface area contributed by atoms with E-state index in [0.29, 0.717) is 6.54 Å². The van der Waals surface area contributed by atoms with Crippen LogP contribution in [0.2, 0.25) is 0 Å². The third kappa shape index (κ3) is 5.24. The van der Waals surface area contributed by atoms with Crippen LogP contribution in [0.1, 0.15) is 32.6 Å². The van der Waals surface area contributed by atoms with Gasteiger partial charge < -0.3 is 15.7 Å². The number of carbonyl (C=O) groups is 2. The number of nitrogens with two attached hydrogens (primary N) is 1. The predicted molar refractivity (Wildman–Crippen MR) is 76.9 cm³/mol. The van der Waals surface area contributed by atoms with Crippen LogP contribution in [-0.4, -0.2) is 46.0 Å². The highest BCUT2D eigenvalue weighted by Gasteiger charge is 2.19. The Morgan fingerprint density at radius 2 is 2.26 bits per heavy atom. The number of hydrogen-bond donors (Lipinski definition) is 2. The molecule has 0 aromatic rings. The zero-order valence-corrected chi connectivity index (χ0v) is 12.1. The normalized spacial score (nSPS) is 16.6. The summed E-state index contributed by atoms with van der Waals surface area (Å²) in [6, 6.07) is -0.901. The summed E-state index contributed by atoms with van der Waals surface area (Å²) in [7, 11) is 0. The third-order valence-corrected chi connectivity index (χ3v) is 4.12. The summed E-state index contributed by atoms with van der Waals surface area (Å²) in [5, 5.41) is 8.66. The average Bonchev–Trinajstić information content (AvgIpc) is 2.40. The summed E-state index contributed by atoms with van der Waals surface area (Å²) in [5.74, 6) is -0.440. The lowest BCUT2D eigenvalue weighted by molar-refractivity contribution is -0.138. The van der Waals surface area contributed by atoms with Crippen molar-refractivity contribution in [1.29, 1.82) is 0 Å². The van der Waals surface area contributed by atoms with Crippen molar-refractivity contribution in [2.75, 3.05) is 18.1 Å². The van der Waals surface area contributed by atoms with Gasteiger partial charge in [-0.2, -0.15) is 0 Å². The fraction of sp³-hybridized carbons (Fsp3) is 0.692. The summed E-state index contributed by atoms with van der Waals surface area (Å²) >= 11 is 1.28. The van der Waals surface area contributed by atoms with Gasteiger partial charge in [-0.15, -0.1) is 11.8 Å². The first-order valence-corrected chi connectivity index (χ1v) is 7.77. The number of aliphatic carboxylic acids is 1. The first-order chi connectivity index (χ1) is 9.06. The fourth-order valence-electron chi connectivity index (χ4n) is 2.03. The molecule has 0 radical (unpaired) electrons. The molecule has 3 N–H and O–H groups in total. The third-order valence-electron chi connectivity index (χ3n) is 3.07. The zero-order valence-electron chi connectivity index (χ0n) is 11.3. The molecule has 6 heteroatoms. The number of thioether (sulfide) groups is 1. The van der Waals surface area contributed by atoms with Gasteiger partial charge in [0.15, 0.2) is 0 Å². The molecular weight excluding hydrogens is 264 g/mol. The predicted octanol–water partition coefficient (Wildman–Crippen LogP) is 1.44. The van der Waals surface area contributed by atoms with Gasteiger partial charge >= 0.3 is 5.97 Å². The van der Waals surface area contributed by atoms with Gasteiger partial charge in [0.2, 0.25) is 5.91 Å². The van der Waals surface area contributed by atoms with E-state index in [1.807, 2.05) is 6.92 Å². The Hall–Kier alpha value is -1.01. The van der Waals surface area contributed by atoms with E-state index in [0.717, 1.165) is 25.0 Å². The molecule has 0 aliphatic heterocycles. The monoisotopic (exact) mass is 286 g/mol. The van der Waals surface area contributed by atoms with Crippen molar-refractivity contribution in [2.45, 2.75) is 38.6 Å². The maximum absolute atomic E-state index is 12.1. The quantitative estimate of drug-likeness (QED) is 0.740. The molecule has 0 aromatic carbocycles. The lowest BCUT2D eigenvalue weighted by Crippen LogP contribution is -2.35. The Kier molecular flexibility index (Phi) is 6.94. The molecule has 0 saturated heterocycles. The van der Waals surface area contributed by atoms with Crippen LogP contribution in [-0.2, 0) is 9.59 Å². The largest absolute Gasteiger partial charge is 0.480 e. The number of amides is 1. The van der Waals surface area contributed by atoms with Crippen LogP contribution >= 0.6 is 11.8 Å². The lowest BCUT2D eigenvalue weighted by atomic mass is 10.0. The summed E-state index contributed by atoms with van der Waals surface area (Å²) in [4.78, 5) is 24.5. The molecule has 0 fully saturated rings. The molecule has 0 aromatic heterocycles. The maximum atomic E-state index is 12.1. The highest BCUT2D eigenvalue weighted by molar-refractivity contribution is 8.00. The first kappa shape index (κ1) is 16.0. The molecule has 0 saturated carbocycles. The van der Waals surface area contributed by atoms with Crippen LogP contribution in [0.15, 0.2) is 11.8 Å². The molecule has 1 atom stereocenters. The summed E-state index contributed by atoms with van der Waals surface area (Å²) in [6.07, 6.45) is 6.46. The molecule has 0 bridgehead atoms. The van der Waals surface area contributed by atoms with Crippen molar-refractivity contribution in [1.82, 2.24) is 4.90 Å². The minimum absolute atomic E-state index is 0.0400. The Morgan fingerprint density at radius 1 is 1.53 bits per heavy atom. The number of nitrogens with zero attached hydrogens (tertiary/aromatic N) is 1. The van der Waals surface area contributed by atoms with Crippen LogP contribution in [0.5, 0.6) is 0 Å². The second-order valence-electron chi connectivity index (χ2n) is 4.54. The topological polar surface area (TPSA) is 83.6 Å². The molecule has 0 spiro atoms. The van der Waals surface area contributed by atoms with E-state index in [2.05, 4.69) is 6.08 Å². The van der Waals surface area contributed by atoms with Crippen LogP contribution in [0.4, 0.5) is 0 Å². The SMILES string of the molecule is CCN(C(=O)CSC[C@H](N)C(=O)O)C1=CCCCC1. The average molecular weight is 286 g/mol. The van der Waals surface area contributed by atoms with Gasteiger partial charge in [0.1, 0.15) is 6.04 Å². The molecule has 108 valence electrons. The van der Waals surface area contributed by atoms with Crippen molar-refractivity contribution >= 4 is 23.6 Å². The van der Waals surface area contributed by atoms with Crippen LogP contribution in [0.25, 0.3) is 0 Å². The molecule has 1 aliphatic carbocycles. The maximum Gasteiger partial charge on any atom is 0.321 e. The molecule has 1 rings (SSSR count). The van der Waals surface area contributed by atoms with Gasteiger partial charge in [0.05, 0.1) is 5.75 Å². The summed E-state index contributed by atoms with van der Waals surface area (Å²) in [6.45, 7) is 2.62. The molecule has 1 amide bonds. The van der Waals surface area contributed by atoms with E-state index >= 15 is 0 Å². The van der Waals surface area contributed by atoms with Crippen LogP contribution < -0.4 is 5.73 Å². The Balaban J connectivity index is 2.41. The van der Waals surface area contributed by atoms with Gasteiger partial charge in [-0.25, -0.2) is 0 Å². The second-order valence-corrected chi connectivity index (χ2v) is 5.57. The highest BCUT2D eigenvalue weighted by Crippen LogP contribution is 2.21. The minimum atomic E-state index is -1.03. The van der Waals surface area contributed by atoms with Gasteiger partial charge in [-0.3, -0.25) is 9.59 Å². The molecule has 0 heterocycles. The van der Waals surface area contributed by atoms with E-state index in [9.17, 15) is 9.59 Å². The van der Waals surface area contributed by atoms with Crippen molar-refractivity contribution in [2.24, 2.45) is 5.73 Å². The molecule has 19 heavy (non-hydrogen) atoms. The van der Waals surface area contributed by atoms with E-state index in [1.54, 1.807) is 4.90 Å². The van der Waals surface area contributed by atoms with E-state index in [-0.39, 0.29) is 17.4 Å². The first-order valence-electron chi connectivity index (χ1n) is 6.61. The zero-order chi connectivity index (χ0) is 14.3. The van der Waals surface area contributed by atoms with E-state index in [1.165, 1.54) is 18.2 Å². The van der Waals surface area contributed by atoms with E-state index in [4.69, 9.17) is 10.8 Å². The number of allylic oxidation sites excluding steroid dienone is 2. The molecule has 1 aliphatic rings. The van der Waals surface area contributed by atoms with Crippen LogP contribution in [0.3, 0.4) is 0 Å². The smallest absolute Gasteiger partial charge is 0.321 e. The van der Waals surface area contributed by atoms with Gasteiger partial charge in [0, 0.05) is 18.0 Å². The number of hydrogen-bond acceptors (Lipinski definition) is 4. The van der Waals surface area contributed by atoms with Crippen LogP contribution in [0, 0.1) is 0 Å². The minimum Gasteiger partial charge on any atom is -0.480 e. The molecule has 5 nitrogen and oxygen atoms in total. The number of carbonyl (C=O) groups excluding carboxylic acids is 1. The molecule has 0 unspecified atom stereocenters. The standard InChI is InChI=1S/C13H22N2O3S/c1-2-15(10-6-4-3-5-7-10)12(16)9-19-8-11(14)13(17)18/h6,11H,2-5,7-9,14H2,1H3,(H,17,18)/t11-/m0/s1. The lowest BCUT2D eigenvalue weighted by Gasteiger charge is -2.26. The van der Waals surface area contributed by atoms with Gasteiger partial charge in [0.25, 0.3) is 0 Å².